The van der Waals surface area contributed by atoms with Crippen LogP contribution in [0.25, 0.3) is 11.1 Å². The SMILES string of the molecule is Oc1ccc(-c2cc[nH+]cc2)cc1. The molecule has 0 amide bonds. The van der Waals surface area contributed by atoms with Crippen LogP contribution in [0.5, 0.6) is 5.75 Å². The molecule has 2 N–H and O–H groups in total. The number of pyridine rings is 1. The molecular weight excluding hydrogens is 162 g/mol. The quantitative estimate of drug-likeness (QED) is 0.700. The van der Waals surface area contributed by atoms with Crippen molar-refractivity contribution in [1.29, 1.82) is 0 Å². The maximum atomic E-state index is 9.10. The fourth-order valence-electron chi connectivity index (χ4n) is 1.23. The van der Waals surface area contributed by atoms with E-state index in [1.807, 2.05) is 36.7 Å². The lowest BCUT2D eigenvalue weighted by atomic mass is 10.1. The molecule has 2 rings (SSSR count). The lowest BCUT2D eigenvalue weighted by Crippen LogP contribution is -1.96. The summed E-state index contributed by atoms with van der Waals surface area (Å²) in [6, 6.07) is 11.1. The summed E-state index contributed by atoms with van der Waals surface area (Å²) < 4.78 is 0. The van der Waals surface area contributed by atoms with Gasteiger partial charge in [0.25, 0.3) is 0 Å². The van der Waals surface area contributed by atoms with E-state index in [4.69, 9.17) is 5.11 Å². The molecule has 0 saturated carbocycles. The first kappa shape index (κ1) is 7.80. The van der Waals surface area contributed by atoms with E-state index in [0.717, 1.165) is 11.1 Å². The Balaban J connectivity index is 2.42. The Kier molecular flexibility index (Phi) is 1.96. The van der Waals surface area contributed by atoms with Gasteiger partial charge in [0.05, 0.1) is 0 Å². The van der Waals surface area contributed by atoms with Gasteiger partial charge in [-0.1, -0.05) is 12.1 Å². The number of aromatic nitrogens is 1. The first-order valence-corrected chi connectivity index (χ1v) is 4.12. The van der Waals surface area contributed by atoms with Gasteiger partial charge in [-0.05, 0) is 23.3 Å². The Bertz CT molecular complexity index is 381. The van der Waals surface area contributed by atoms with E-state index in [2.05, 4.69) is 4.98 Å². The Morgan fingerprint density at radius 1 is 0.769 bits per heavy atom. The van der Waals surface area contributed by atoms with E-state index in [-0.39, 0.29) is 0 Å². The predicted octanol–water partition coefficient (Wildman–Crippen LogP) is 1.87. The molecule has 2 aromatic rings. The minimum atomic E-state index is 0.297. The zero-order valence-electron chi connectivity index (χ0n) is 7.07. The molecule has 0 radical (unpaired) electrons. The monoisotopic (exact) mass is 172 g/mol. The average molecular weight is 172 g/mol. The van der Waals surface area contributed by atoms with Gasteiger partial charge in [0.2, 0.25) is 0 Å². The van der Waals surface area contributed by atoms with Crippen molar-refractivity contribution < 1.29 is 10.1 Å². The first-order valence-electron chi connectivity index (χ1n) is 4.12. The number of nitrogens with one attached hydrogen (secondary N) is 1. The normalized spacial score (nSPS) is 9.85. The van der Waals surface area contributed by atoms with Crippen molar-refractivity contribution in [3.63, 3.8) is 0 Å². The standard InChI is InChI=1S/C11H9NO/c13-11-3-1-9(2-4-11)10-5-7-12-8-6-10/h1-8,13H/p+1. The van der Waals surface area contributed by atoms with Gasteiger partial charge < -0.3 is 5.11 Å². The topological polar surface area (TPSA) is 34.4 Å². The van der Waals surface area contributed by atoms with Gasteiger partial charge in [0.1, 0.15) is 5.75 Å². The maximum Gasteiger partial charge on any atom is 0.167 e. The second kappa shape index (κ2) is 3.27. The highest BCUT2D eigenvalue weighted by atomic mass is 16.3. The molecule has 0 aliphatic carbocycles. The van der Waals surface area contributed by atoms with Gasteiger partial charge in [-0.2, -0.15) is 0 Å². The molecule has 0 bridgehead atoms. The molecule has 0 aliphatic rings. The molecule has 2 nitrogen and oxygen atoms in total. The summed E-state index contributed by atoms with van der Waals surface area (Å²) >= 11 is 0. The predicted molar refractivity (Wildman–Crippen MR) is 50.1 cm³/mol. The fourth-order valence-corrected chi connectivity index (χ4v) is 1.23. The van der Waals surface area contributed by atoms with Crippen LogP contribution < -0.4 is 4.98 Å². The fraction of sp³-hybridized carbons (Fsp3) is 0. The third kappa shape index (κ3) is 1.67. The van der Waals surface area contributed by atoms with Crippen LogP contribution in [0, 0.1) is 0 Å². The molecule has 1 aromatic carbocycles. The zero-order valence-corrected chi connectivity index (χ0v) is 7.07. The third-order valence-corrected chi connectivity index (χ3v) is 1.92. The number of aromatic amines is 1. The van der Waals surface area contributed by atoms with Crippen molar-refractivity contribution in [3.8, 4) is 16.9 Å². The van der Waals surface area contributed by atoms with Crippen LogP contribution >= 0.6 is 0 Å². The summed E-state index contributed by atoms with van der Waals surface area (Å²) in [5.74, 6) is 0.297. The van der Waals surface area contributed by atoms with E-state index >= 15 is 0 Å². The number of phenols is 1. The minimum absolute atomic E-state index is 0.297. The number of H-pyrrole nitrogens is 1. The second-order valence-corrected chi connectivity index (χ2v) is 2.84. The lowest BCUT2D eigenvalue weighted by molar-refractivity contribution is -0.377. The summed E-state index contributed by atoms with van der Waals surface area (Å²) in [6.45, 7) is 0. The van der Waals surface area contributed by atoms with Crippen LogP contribution in [0.15, 0.2) is 48.8 Å². The number of rotatable bonds is 1. The summed E-state index contributed by atoms with van der Waals surface area (Å²) in [7, 11) is 0. The summed E-state index contributed by atoms with van der Waals surface area (Å²) in [5, 5.41) is 9.10. The molecule has 0 saturated heterocycles. The molecular formula is C11H10NO+. The Labute approximate surface area is 76.5 Å². The summed E-state index contributed by atoms with van der Waals surface area (Å²) in [4.78, 5) is 2.96. The van der Waals surface area contributed by atoms with Crippen LogP contribution in [-0.2, 0) is 0 Å². The van der Waals surface area contributed by atoms with Gasteiger partial charge >= 0.3 is 0 Å². The van der Waals surface area contributed by atoms with Crippen molar-refractivity contribution in [2.45, 2.75) is 0 Å². The highest BCUT2D eigenvalue weighted by molar-refractivity contribution is 5.62. The zero-order chi connectivity index (χ0) is 9.10. The van der Waals surface area contributed by atoms with Crippen LogP contribution in [0.2, 0.25) is 0 Å². The van der Waals surface area contributed by atoms with E-state index in [0.29, 0.717) is 5.75 Å². The molecule has 1 heterocycles. The van der Waals surface area contributed by atoms with Gasteiger partial charge in [0.15, 0.2) is 12.4 Å². The number of phenolic OH excluding ortho intramolecular Hbond substituents is 1. The van der Waals surface area contributed by atoms with Crippen LogP contribution in [0.4, 0.5) is 0 Å². The highest BCUT2D eigenvalue weighted by Gasteiger charge is 1.96. The first-order chi connectivity index (χ1) is 6.36. The van der Waals surface area contributed by atoms with Gasteiger partial charge in [0, 0.05) is 12.1 Å². The number of hydrogen-bond donors (Lipinski definition) is 1. The van der Waals surface area contributed by atoms with Crippen LogP contribution in [-0.4, -0.2) is 5.11 Å². The lowest BCUT2D eigenvalue weighted by Gasteiger charge is -1.98. The Morgan fingerprint density at radius 2 is 1.31 bits per heavy atom. The smallest absolute Gasteiger partial charge is 0.167 e. The number of aromatic hydroxyl groups is 1. The Morgan fingerprint density at radius 3 is 1.92 bits per heavy atom. The van der Waals surface area contributed by atoms with E-state index in [9.17, 15) is 0 Å². The maximum absolute atomic E-state index is 9.10. The molecule has 2 heteroatoms. The van der Waals surface area contributed by atoms with Gasteiger partial charge in [-0.15, -0.1) is 0 Å². The largest absolute Gasteiger partial charge is 0.508 e. The van der Waals surface area contributed by atoms with E-state index in [1.165, 1.54) is 0 Å². The van der Waals surface area contributed by atoms with Crippen LogP contribution in [0.3, 0.4) is 0 Å². The number of benzene rings is 1. The summed E-state index contributed by atoms with van der Waals surface area (Å²) in [5.41, 5.74) is 2.24. The molecule has 0 fully saturated rings. The van der Waals surface area contributed by atoms with Gasteiger partial charge in [-0.3, -0.25) is 0 Å². The number of hydrogen-bond acceptors (Lipinski definition) is 1. The second-order valence-electron chi connectivity index (χ2n) is 2.84. The van der Waals surface area contributed by atoms with Crippen molar-refractivity contribution in [1.82, 2.24) is 0 Å². The van der Waals surface area contributed by atoms with Crippen molar-refractivity contribution >= 4 is 0 Å². The third-order valence-electron chi connectivity index (χ3n) is 1.92. The molecule has 64 valence electrons. The summed E-state index contributed by atoms with van der Waals surface area (Å²) in [6.07, 6.45) is 3.75. The average Bonchev–Trinajstić information content (AvgIpc) is 2.20. The minimum Gasteiger partial charge on any atom is -0.508 e. The van der Waals surface area contributed by atoms with Gasteiger partial charge in [-0.25, -0.2) is 4.98 Å². The molecule has 0 unspecified atom stereocenters. The van der Waals surface area contributed by atoms with Crippen LogP contribution in [0.1, 0.15) is 0 Å². The highest BCUT2D eigenvalue weighted by Crippen LogP contribution is 2.19. The van der Waals surface area contributed by atoms with Crippen molar-refractivity contribution in [3.05, 3.63) is 48.8 Å². The molecule has 0 aliphatic heterocycles. The van der Waals surface area contributed by atoms with E-state index in [1.54, 1.807) is 12.1 Å². The molecule has 0 atom stereocenters. The molecule has 13 heavy (non-hydrogen) atoms. The molecule has 0 spiro atoms. The van der Waals surface area contributed by atoms with E-state index < -0.39 is 0 Å². The van der Waals surface area contributed by atoms with Crippen molar-refractivity contribution in [2.75, 3.05) is 0 Å². The Hall–Kier alpha value is -1.83. The van der Waals surface area contributed by atoms with Crippen molar-refractivity contribution in [2.24, 2.45) is 0 Å². The molecule has 1 aromatic heterocycles.